The second-order valence-electron chi connectivity index (χ2n) is 5.51. The van der Waals surface area contributed by atoms with Gasteiger partial charge in [0.15, 0.2) is 11.5 Å². The molecule has 0 fully saturated rings. The fourth-order valence-corrected chi connectivity index (χ4v) is 2.31. The third-order valence-corrected chi connectivity index (χ3v) is 3.67. The highest BCUT2D eigenvalue weighted by Crippen LogP contribution is 2.27. The number of hydrogen-bond donors (Lipinski definition) is 1. The first kappa shape index (κ1) is 18.8. The molecule has 1 heterocycles. The van der Waals surface area contributed by atoms with Gasteiger partial charge in [-0.15, -0.1) is 5.10 Å². The maximum atomic E-state index is 12.2. The Morgan fingerprint density at radius 3 is 2.75 bits per heavy atom. The normalized spacial score (nSPS) is 10.6. The minimum atomic E-state index is -0.336. The molecular formula is C19H18N6O3. The van der Waals surface area contributed by atoms with E-state index in [4.69, 9.17) is 9.47 Å². The molecule has 0 saturated heterocycles. The Balaban J connectivity index is 1.62. The van der Waals surface area contributed by atoms with Crippen LogP contribution in [-0.4, -0.2) is 46.0 Å². The van der Waals surface area contributed by atoms with Gasteiger partial charge in [0, 0.05) is 5.56 Å². The van der Waals surface area contributed by atoms with E-state index in [0.717, 1.165) is 11.3 Å². The monoisotopic (exact) mass is 378 g/mol. The zero-order valence-electron chi connectivity index (χ0n) is 15.1. The molecule has 0 spiro atoms. The van der Waals surface area contributed by atoms with Gasteiger partial charge < -0.3 is 9.47 Å². The molecule has 1 aromatic heterocycles. The van der Waals surface area contributed by atoms with Crippen LogP contribution in [0.3, 0.4) is 0 Å². The Morgan fingerprint density at radius 1 is 1.25 bits per heavy atom. The summed E-state index contributed by atoms with van der Waals surface area (Å²) in [5, 5.41) is 14.9. The summed E-state index contributed by atoms with van der Waals surface area (Å²) >= 11 is 0. The SMILES string of the molecule is C=CCOc1ccc(/C=N/NC(=O)c2ccc(-n3cnnn3)cc2)cc1OC. The summed E-state index contributed by atoms with van der Waals surface area (Å²) in [6.07, 6.45) is 4.65. The van der Waals surface area contributed by atoms with Crippen LogP contribution in [0.2, 0.25) is 0 Å². The fraction of sp³-hybridized carbons (Fsp3) is 0.105. The van der Waals surface area contributed by atoms with Crippen LogP contribution in [0.5, 0.6) is 11.5 Å². The molecule has 9 nitrogen and oxygen atoms in total. The molecule has 1 N–H and O–H groups in total. The number of nitrogens with zero attached hydrogens (tertiary/aromatic N) is 5. The summed E-state index contributed by atoms with van der Waals surface area (Å²) in [5.41, 5.74) is 4.44. The van der Waals surface area contributed by atoms with Crippen LogP contribution in [0.4, 0.5) is 0 Å². The van der Waals surface area contributed by atoms with Crippen molar-refractivity contribution in [3.05, 3.63) is 72.6 Å². The Morgan fingerprint density at radius 2 is 2.07 bits per heavy atom. The second kappa shape index (κ2) is 9.08. The third-order valence-electron chi connectivity index (χ3n) is 3.67. The van der Waals surface area contributed by atoms with E-state index in [-0.39, 0.29) is 5.91 Å². The summed E-state index contributed by atoms with van der Waals surface area (Å²) in [5.74, 6) is 0.832. The molecule has 0 atom stereocenters. The summed E-state index contributed by atoms with van der Waals surface area (Å²) in [7, 11) is 1.55. The maximum Gasteiger partial charge on any atom is 0.271 e. The molecule has 0 saturated carbocycles. The first-order valence-electron chi connectivity index (χ1n) is 8.30. The Bertz CT molecular complexity index is 968. The van der Waals surface area contributed by atoms with Crippen molar-refractivity contribution in [3.8, 4) is 17.2 Å². The van der Waals surface area contributed by atoms with Gasteiger partial charge in [-0.25, -0.2) is 10.1 Å². The van der Waals surface area contributed by atoms with Gasteiger partial charge in [0.2, 0.25) is 0 Å². The lowest BCUT2D eigenvalue weighted by molar-refractivity contribution is 0.0955. The van der Waals surface area contributed by atoms with E-state index in [1.807, 2.05) is 0 Å². The summed E-state index contributed by atoms with van der Waals surface area (Å²) < 4.78 is 12.3. The maximum absolute atomic E-state index is 12.2. The Kier molecular flexibility index (Phi) is 6.09. The molecular weight excluding hydrogens is 360 g/mol. The van der Waals surface area contributed by atoms with Crippen LogP contribution in [0.15, 0.2) is 66.5 Å². The molecule has 0 aliphatic rings. The number of methoxy groups -OCH3 is 1. The summed E-state index contributed by atoms with van der Waals surface area (Å²) in [6.45, 7) is 3.99. The topological polar surface area (TPSA) is 104 Å². The predicted molar refractivity (Wildman–Crippen MR) is 103 cm³/mol. The number of carbonyl (C=O) groups excluding carboxylic acids is 1. The number of carbonyl (C=O) groups is 1. The fourth-order valence-electron chi connectivity index (χ4n) is 2.31. The number of nitrogens with one attached hydrogen (secondary N) is 1. The van der Waals surface area contributed by atoms with E-state index in [9.17, 15) is 4.79 Å². The first-order valence-corrected chi connectivity index (χ1v) is 8.30. The van der Waals surface area contributed by atoms with Gasteiger partial charge in [0.1, 0.15) is 12.9 Å². The molecule has 1 amide bonds. The van der Waals surface area contributed by atoms with E-state index in [2.05, 4.69) is 32.6 Å². The number of hydrogen-bond acceptors (Lipinski definition) is 7. The van der Waals surface area contributed by atoms with Gasteiger partial charge >= 0.3 is 0 Å². The van der Waals surface area contributed by atoms with E-state index in [1.165, 1.54) is 17.2 Å². The van der Waals surface area contributed by atoms with Gasteiger partial charge in [0.25, 0.3) is 5.91 Å². The van der Waals surface area contributed by atoms with Crippen molar-refractivity contribution >= 4 is 12.1 Å². The first-order chi connectivity index (χ1) is 13.7. The molecule has 3 aromatic rings. The summed E-state index contributed by atoms with van der Waals surface area (Å²) in [6, 6.07) is 12.1. The zero-order valence-corrected chi connectivity index (χ0v) is 15.1. The average Bonchev–Trinajstić information content (AvgIpc) is 3.27. The van der Waals surface area contributed by atoms with E-state index >= 15 is 0 Å². The molecule has 0 radical (unpaired) electrons. The van der Waals surface area contributed by atoms with Crippen LogP contribution in [0.1, 0.15) is 15.9 Å². The van der Waals surface area contributed by atoms with Crippen LogP contribution >= 0.6 is 0 Å². The van der Waals surface area contributed by atoms with Crippen molar-refractivity contribution in [3.63, 3.8) is 0 Å². The Hall–Kier alpha value is -4.01. The lowest BCUT2D eigenvalue weighted by Crippen LogP contribution is -2.17. The highest BCUT2D eigenvalue weighted by molar-refractivity contribution is 5.95. The van der Waals surface area contributed by atoms with Crippen molar-refractivity contribution in [2.75, 3.05) is 13.7 Å². The molecule has 9 heteroatoms. The number of ether oxygens (including phenoxy) is 2. The molecule has 0 unspecified atom stereocenters. The van der Waals surface area contributed by atoms with Crippen molar-refractivity contribution in [2.45, 2.75) is 0 Å². The molecule has 0 aliphatic heterocycles. The molecule has 28 heavy (non-hydrogen) atoms. The van der Waals surface area contributed by atoms with Crippen LogP contribution in [0.25, 0.3) is 5.69 Å². The van der Waals surface area contributed by atoms with E-state index < -0.39 is 0 Å². The Labute approximate surface area is 161 Å². The molecule has 3 rings (SSSR count). The van der Waals surface area contributed by atoms with Gasteiger partial charge in [-0.05, 0) is 58.5 Å². The highest BCUT2D eigenvalue weighted by atomic mass is 16.5. The molecule has 142 valence electrons. The predicted octanol–water partition coefficient (Wildman–Crippen LogP) is 2.00. The smallest absolute Gasteiger partial charge is 0.271 e. The van der Waals surface area contributed by atoms with Gasteiger partial charge in [-0.2, -0.15) is 5.10 Å². The van der Waals surface area contributed by atoms with Crippen molar-refractivity contribution in [1.82, 2.24) is 25.6 Å². The van der Waals surface area contributed by atoms with Crippen LogP contribution < -0.4 is 14.9 Å². The number of amides is 1. The van der Waals surface area contributed by atoms with Crippen molar-refractivity contribution in [2.24, 2.45) is 5.10 Å². The van der Waals surface area contributed by atoms with Crippen molar-refractivity contribution < 1.29 is 14.3 Å². The highest BCUT2D eigenvalue weighted by Gasteiger charge is 2.06. The van der Waals surface area contributed by atoms with Gasteiger partial charge in [-0.3, -0.25) is 4.79 Å². The minimum Gasteiger partial charge on any atom is -0.493 e. The van der Waals surface area contributed by atoms with Crippen LogP contribution in [0, 0.1) is 0 Å². The minimum absolute atomic E-state index is 0.336. The standard InChI is InChI=1S/C19H18N6O3/c1-3-10-28-17-9-4-14(11-18(17)27-2)12-20-22-19(26)15-5-7-16(8-6-15)25-13-21-23-24-25/h3-9,11-13H,1,10H2,2H3,(H,22,26)/b20-12+. The van der Waals surface area contributed by atoms with E-state index in [1.54, 1.807) is 55.7 Å². The number of benzene rings is 2. The molecule has 0 aliphatic carbocycles. The van der Waals surface area contributed by atoms with Gasteiger partial charge in [-0.1, -0.05) is 12.7 Å². The van der Waals surface area contributed by atoms with E-state index in [0.29, 0.717) is 23.7 Å². The number of tetrazole rings is 1. The number of hydrazone groups is 1. The number of rotatable bonds is 8. The largest absolute Gasteiger partial charge is 0.493 e. The second-order valence-corrected chi connectivity index (χ2v) is 5.51. The average molecular weight is 378 g/mol. The third kappa shape index (κ3) is 4.58. The molecule has 0 bridgehead atoms. The lowest BCUT2D eigenvalue weighted by atomic mass is 10.2. The lowest BCUT2D eigenvalue weighted by Gasteiger charge is -2.09. The number of aromatic nitrogens is 4. The van der Waals surface area contributed by atoms with Crippen molar-refractivity contribution in [1.29, 1.82) is 0 Å². The quantitative estimate of drug-likeness (QED) is 0.365. The summed E-state index contributed by atoms with van der Waals surface area (Å²) in [4.78, 5) is 12.2. The molecule has 2 aromatic carbocycles. The van der Waals surface area contributed by atoms with Gasteiger partial charge in [0.05, 0.1) is 19.0 Å². The van der Waals surface area contributed by atoms with Crippen LogP contribution in [-0.2, 0) is 0 Å². The zero-order chi connectivity index (χ0) is 19.8.